The molecule has 1 unspecified atom stereocenters. The monoisotopic (exact) mass is 709 g/mol. The quantitative estimate of drug-likeness (QED) is 0.0361. The zero-order chi connectivity index (χ0) is 36.9. The number of hydrogen-bond donors (Lipinski definition) is 0. The highest BCUT2D eigenvalue weighted by molar-refractivity contribution is 5.71. The Morgan fingerprint density at radius 3 is 1.14 bits per heavy atom. The predicted octanol–water partition coefficient (Wildman–Crippen LogP) is 13.4. The Morgan fingerprint density at radius 2 is 0.760 bits per heavy atom. The molecule has 0 aliphatic carbocycles. The summed E-state index contributed by atoms with van der Waals surface area (Å²) < 4.78 is 16.6. The molecule has 6 nitrogen and oxygen atoms in total. The van der Waals surface area contributed by atoms with Crippen molar-refractivity contribution in [3.63, 3.8) is 0 Å². The molecular formula is C44H84O6. The molecule has 0 aromatic rings. The van der Waals surface area contributed by atoms with E-state index in [-0.39, 0.29) is 31.1 Å². The van der Waals surface area contributed by atoms with Crippen LogP contribution in [-0.4, -0.2) is 37.2 Å². The molecule has 0 N–H and O–H groups in total. The molecule has 0 amide bonds. The fourth-order valence-corrected chi connectivity index (χ4v) is 6.37. The Kier molecular flexibility index (Phi) is 36.0. The number of carbonyl (C=O) groups excluding carboxylic acids is 3. The van der Waals surface area contributed by atoms with Gasteiger partial charge < -0.3 is 14.2 Å². The Hall–Kier alpha value is -1.59. The van der Waals surface area contributed by atoms with Crippen molar-refractivity contribution in [3.05, 3.63) is 0 Å². The first-order valence-electron chi connectivity index (χ1n) is 21.8. The van der Waals surface area contributed by atoms with Crippen LogP contribution < -0.4 is 0 Å². The van der Waals surface area contributed by atoms with Gasteiger partial charge in [0.2, 0.25) is 0 Å². The molecular weight excluding hydrogens is 624 g/mol. The van der Waals surface area contributed by atoms with Crippen molar-refractivity contribution >= 4 is 17.9 Å². The molecule has 0 saturated carbocycles. The second-order valence-corrected chi connectivity index (χ2v) is 15.7. The van der Waals surface area contributed by atoms with Crippen LogP contribution in [0.3, 0.4) is 0 Å². The molecule has 296 valence electrons. The average Bonchev–Trinajstić information content (AvgIpc) is 3.09. The van der Waals surface area contributed by atoms with Gasteiger partial charge in [0.15, 0.2) is 6.10 Å². The Balaban J connectivity index is 4.28. The minimum Gasteiger partial charge on any atom is -0.462 e. The molecule has 0 saturated heterocycles. The third-order valence-corrected chi connectivity index (χ3v) is 10.1. The van der Waals surface area contributed by atoms with Crippen LogP contribution >= 0.6 is 0 Å². The zero-order valence-corrected chi connectivity index (χ0v) is 34.0. The lowest BCUT2D eigenvalue weighted by atomic mass is 9.99. The summed E-state index contributed by atoms with van der Waals surface area (Å²) in [6.45, 7) is 11.3. The van der Waals surface area contributed by atoms with Crippen LogP contribution in [0.25, 0.3) is 0 Å². The number of carbonyl (C=O) groups is 3. The highest BCUT2D eigenvalue weighted by Gasteiger charge is 2.19. The topological polar surface area (TPSA) is 78.9 Å². The van der Waals surface area contributed by atoms with Crippen molar-refractivity contribution in [1.29, 1.82) is 0 Å². The van der Waals surface area contributed by atoms with Crippen molar-refractivity contribution in [2.75, 3.05) is 13.2 Å². The highest BCUT2D eigenvalue weighted by Crippen LogP contribution is 2.17. The minimum atomic E-state index is -0.759. The maximum Gasteiger partial charge on any atom is 0.306 e. The van der Waals surface area contributed by atoms with E-state index in [9.17, 15) is 14.4 Å². The lowest BCUT2D eigenvalue weighted by molar-refractivity contribution is -0.167. The van der Waals surface area contributed by atoms with Crippen molar-refractivity contribution in [3.8, 4) is 0 Å². The van der Waals surface area contributed by atoms with Gasteiger partial charge >= 0.3 is 17.9 Å². The van der Waals surface area contributed by atoms with Gasteiger partial charge in [0.25, 0.3) is 0 Å². The molecule has 50 heavy (non-hydrogen) atoms. The van der Waals surface area contributed by atoms with E-state index in [1.54, 1.807) is 0 Å². The zero-order valence-electron chi connectivity index (χ0n) is 34.0. The summed E-state index contributed by atoms with van der Waals surface area (Å²) in [5, 5.41) is 0. The van der Waals surface area contributed by atoms with Crippen LogP contribution in [0, 0.1) is 11.8 Å². The molecule has 0 spiro atoms. The van der Waals surface area contributed by atoms with Crippen molar-refractivity contribution in [1.82, 2.24) is 0 Å². The normalized spacial score (nSPS) is 12.6. The lowest BCUT2D eigenvalue weighted by Gasteiger charge is -2.18. The molecule has 0 radical (unpaired) electrons. The molecule has 0 fully saturated rings. The Bertz CT molecular complexity index is 766. The van der Waals surface area contributed by atoms with Crippen molar-refractivity contribution in [2.45, 2.75) is 240 Å². The molecule has 0 aliphatic heterocycles. The third kappa shape index (κ3) is 36.2. The van der Waals surface area contributed by atoms with Gasteiger partial charge in [-0.15, -0.1) is 0 Å². The van der Waals surface area contributed by atoms with E-state index in [1.807, 2.05) is 0 Å². The standard InChI is InChI=1S/C44H84O6/c1-6-8-9-10-17-26-31-36-44(47)50-41(38-49-43(46)35-30-25-21-16-15-19-23-28-33-40(5)7-2)37-48-42(45)34-29-24-20-14-12-11-13-18-22-27-32-39(3)4/h39-41H,6-38H2,1-5H3/t40?,41-/m1/s1. The van der Waals surface area contributed by atoms with Crippen LogP contribution in [0.5, 0.6) is 0 Å². The summed E-state index contributed by atoms with van der Waals surface area (Å²) in [6.07, 6.45) is 33.8. The number of hydrogen-bond acceptors (Lipinski definition) is 6. The average molecular weight is 709 g/mol. The van der Waals surface area contributed by atoms with E-state index in [4.69, 9.17) is 14.2 Å². The van der Waals surface area contributed by atoms with E-state index in [0.29, 0.717) is 19.3 Å². The maximum absolute atomic E-state index is 12.6. The molecule has 6 heteroatoms. The molecule has 0 heterocycles. The highest BCUT2D eigenvalue weighted by atomic mass is 16.6. The molecule has 2 atom stereocenters. The largest absolute Gasteiger partial charge is 0.462 e. The fourth-order valence-electron chi connectivity index (χ4n) is 6.37. The fraction of sp³-hybridized carbons (Fsp3) is 0.932. The molecule has 0 rings (SSSR count). The maximum atomic E-state index is 12.6. The molecule has 0 aliphatic rings. The second-order valence-electron chi connectivity index (χ2n) is 15.7. The number of ether oxygens (including phenoxy) is 3. The van der Waals surface area contributed by atoms with Crippen LogP contribution in [-0.2, 0) is 28.6 Å². The SMILES string of the molecule is CCCCCCCCCC(=O)O[C@H](COC(=O)CCCCCCCCCCCCC(C)C)COC(=O)CCCCCCCCCCC(C)CC. The van der Waals surface area contributed by atoms with E-state index in [1.165, 1.54) is 122 Å². The third-order valence-electron chi connectivity index (χ3n) is 10.1. The van der Waals surface area contributed by atoms with Gasteiger partial charge in [0.1, 0.15) is 13.2 Å². The number of unbranched alkanes of at least 4 members (excludes halogenated alkanes) is 22. The van der Waals surface area contributed by atoms with Gasteiger partial charge in [-0.25, -0.2) is 0 Å². The number of esters is 3. The van der Waals surface area contributed by atoms with E-state index in [0.717, 1.165) is 69.6 Å². The van der Waals surface area contributed by atoms with Gasteiger partial charge in [-0.05, 0) is 31.1 Å². The minimum absolute atomic E-state index is 0.0661. The number of rotatable bonds is 38. The van der Waals surface area contributed by atoms with Gasteiger partial charge in [-0.1, -0.05) is 195 Å². The van der Waals surface area contributed by atoms with Crippen molar-refractivity contribution in [2.24, 2.45) is 11.8 Å². The summed E-state index contributed by atoms with van der Waals surface area (Å²) in [6, 6.07) is 0. The van der Waals surface area contributed by atoms with Gasteiger partial charge in [-0.3, -0.25) is 14.4 Å². The summed E-state index contributed by atoms with van der Waals surface area (Å²) in [4.78, 5) is 37.5. The van der Waals surface area contributed by atoms with Gasteiger partial charge in [0, 0.05) is 19.3 Å². The van der Waals surface area contributed by atoms with Crippen LogP contribution in [0.1, 0.15) is 234 Å². The molecule has 0 bridgehead atoms. The Labute approximate surface area is 310 Å². The van der Waals surface area contributed by atoms with E-state index >= 15 is 0 Å². The smallest absolute Gasteiger partial charge is 0.306 e. The first-order valence-corrected chi connectivity index (χ1v) is 21.8. The molecule has 0 aromatic carbocycles. The first kappa shape index (κ1) is 48.4. The summed E-state index contributed by atoms with van der Waals surface area (Å²) in [7, 11) is 0. The van der Waals surface area contributed by atoms with Crippen LogP contribution in [0.2, 0.25) is 0 Å². The van der Waals surface area contributed by atoms with Gasteiger partial charge in [-0.2, -0.15) is 0 Å². The second kappa shape index (κ2) is 37.2. The van der Waals surface area contributed by atoms with E-state index in [2.05, 4.69) is 34.6 Å². The summed E-state index contributed by atoms with van der Waals surface area (Å²) in [5.74, 6) is 0.798. The lowest BCUT2D eigenvalue weighted by Crippen LogP contribution is -2.30. The van der Waals surface area contributed by atoms with Crippen molar-refractivity contribution < 1.29 is 28.6 Å². The van der Waals surface area contributed by atoms with E-state index < -0.39 is 6.10 Å². The first-order chi connectivity index (χ1) is 24.3. The van der Waals surface area contributed by atoms with Crippen LogP contribution in [0.15, 0.2) is 0 Å². The molecule has 0 aromatic heterocycles. The van der Waals surface area contributed by atoms with Gasteiger partial charge in [0.05, 0.1) is 0 Å². The Morgan fingerprint density at radius 1 is 0.420 bits per heavy atom. The predicted molar refractivity (Wildman–Crippen MR) is 210 cm³/mol. The summed E-state index contributed by atoms with van der Waals surface area (Å²) >= 11 is 0. The summed E-state index contributed by atoms with van der Waals surface area (Å²) in [5.41, 5.74) is 0. The van der Waals surface area contributed by atoms with Crippen LogP contribution in [0.4, 0.5) is 0 Å².